The molecule has 0 saturated carbocycles. The molecule has 0 aliphatic heterocycles. The Balaban J connectivity index is 1.40. The number of rotatable bonds is 15. The average molecular weight is 966 g/mol. The van der Waals surface area contributed by atoms with E-state index in [1.54, 1.807) is 0 Å². The van der Waals surface area contributed by atoms with Gasteiger partial charge in [0.15, 0.2) is 11.5 Å². The number of hydrogen-bond donors (Lipinski definition) is 7. The van der Waals surface area contributed by atoms with E-state index in [1.165, 1.54) is 67.8 Å². The summed E-state index contributed by atoms with van der Waals surface area (Å²) in [4.78, 5) is -2.80. The average Bonchev–Trinajstić information content (AvgIpc) is 3.19. The van der Waals surface area contributed by atoms with Gasteiger partial charge < -0.3 is 14.9 Å². The van der Waals surface area contributed by atoms with Gasteiger partial charge in [-0.3, -0.25) is 18.4 Å². The number of aromatic hydroxyl groups is 2. The van der Waals surface area contributed by atoms with E-state index >= 15 is 0 Å². The Labute approximate surface area is 359 Å². The van der Waals surface area contributed by atoms with Crippen LogP contribution < -0.4 is 9.46 Å². The molecule has 0 radical (unpaired) electrons. The number of anilines is 1. The molecule has 24 nitrogen and oxygen atoms in total. The lowest BCUT2D eigenvalue weighted by Crippen LogP contribution is -2.09. The number of ether oxygens (including phenoxy) is 1. The smallest absolute Gasteiger partial charge is 0.296 e. The largest absolute Gasteiger partial charge is 0.505 e. The molecule has 29 heteroatoms. The number of phenolic OH excluding ortho intramolecular Hbond substituents is 2. The zero-order chi connectivity index (χ0) is 46.1. The molecule has 0 amide bonds. The topological polar surface area (TPSA) is 372 Å². The summed E-state index contributed by atoms with van der Waals surface area (Å²) >= 11 is 0.249. The quantitative estimate of drug-likeness (QED) is 0.0167. The Morgan fingerprint density at radius 2 is 1.24 bits per heavy atom. The highest BCUT2D eigenvalue weighted by molar-refractivity contribution is 7.94. The van der Waals surface area contributed by atoms with E-state index in [1.807, 2.05) is 0 Å². The number of para-hydroxylation sites is 1. The number of methoxy groups -OCH3 is 1. The molecule has 63 heavy (non-hydrogen) atoms. The predicted molar refractivity (Wildman–Crippen MR) is 222 cm³/mol. The molecular formula is C34H27N7O17S5. The first-order valence-electron chi connectivity index (χ1n) is 16.7. The van der Waals surface area contributed by atoms with Gasteiger partial charge in [-0.2, -0.15) is 35.5 Å². The van der Waals surface area contributed by atoms with Gasteiger partial charge >= 0.3 is 0 Å². The minimum atomic E-state index is -5.20. The Kier molecular flexibility index (Phi) is 13.1. The zero-order valence-corrected chi connectivity index (χ0v) is 35.6. The molecule has 7 N–H and O–H groups in total. The van der Waals surface area contributed by atoms with Crippen molar-refractivity contribution in [3.05, 3.63) is 84.9 Å². The number of phenols is 2. The summed E-state index contributed by atoms with van der Waals surface area (Å²) in [7, 11) is -17.6. The van der Waals surface area contributed by atoms with Gasteiger partial charge in [0, 0.05) is 11.5 Å². The number of benzene rings is 6. The molecule has 0 atom stereocenters. The third-order valence-electron chi connectivity index (χ3n) is 8.29. The molecular weight excluding hydrogens is 939 g/mol. The Hall–Kier alpha value is -6.25. The number of hydrogen-bond acceptors (Lipinski definition) is 21. The highest BCUT2D eigenvalue weighted by Crippen LogP contribution is 2.51. The number of sulfonamides is 1. The molecule has 0 unspecified atom stereocenters. The first kappa shape index (κ1) is 46.3. The minimum absolute atomic E-state index is 0.00809. The second kappa shape index (κ2) is 17.9. The lowest BCUT2D eigenvalue weighted by molar-refractivity contribution is -0.432. The van der Waals surface area contributed by atoms with E-state index in [0.29, 0.717) is 6.07 Å². The van der Waals surface area contributed by atoms with Crippen molar-refractivity contribution in [1.82, 2.24) is 0 Å². The second-order valence-corrected chi connectivity index (χ2v) is 19.3. The third-order valence-corrected chi connectivity index (χ3v) is 12.1. The van der Waals surface area contributed by atoms with E-state index in [9.17, 15) is 57.5 Å². The van der Waals surface area contributed by atoms with Crippen LogP contribution in [-0.2, 0) is 49.7 Å². The molecule has 0 aliphatic carbocycles. The minimum Gasteiger partial charge on any atom is -0.505 e. The lowest BCUT2D eigenvalue weighted by Gasteiger charge is -2.13. The standard InChI is InChI=1S/C34H27N7O17S5/c1-56-26-15-20(36-35-19-7-9-22-17(11-19)12-21(61(47,48)49)16-28(22)62(50,51)52)8-10-25(26)38-40-32-29(63(53,54)55)14-18-13-27(59-58-57-44)31(33(42)30(18)34(32)43)39-37-23-5-3-4-6-24(23)41-60(2,45)46/h3-16,41-44H,1-2H3,(H,47,48,49)(H,50,51,52)(H,53,54,55). The van der Waals surface area contributed by atoms with Gasteiger partial charge in [-0.15, -0.1) is 24.8 Å². The van der Waals surface area contributed by atoms with Crippen LogP contribution in [-0.4, -0.2) is 76.2 Å². The van der Waals surface area contributed by atoms with Gasteiger partial charge in [-0.1, -0.05) is 23.2 Å². The fourth-order valence-electron chi connectivity index (χ4n) is 5.67. The Morgan fingerprint density at radius 1 is 0.619 bits per heavy atom. The maximum Gasteiger partial charge on any atom is 0.296 e. The molecule has 6 aromatic carbocycles. The van der Waals surface area contributed by atoms with Crippen molar-refractivity contribution in [2.45, 2.75) is 19.6 Å². The summed E-state index contributed by atoms with van der Waals surface area (Å²) in [5.74, 6) is -1.97. The summed E-state index contributed by atoms with van der Waals surface area (Å²) in [6.07, 6.45) is 0.898. The van der Waals surface area contributed by atoms with Gasteiger partial charge in [0.1, 0.15) is 38.3 Å². The van der Waals surface area contributed by atoms with Crippen molar-refractivity contribution in [3.63, 3.8) is 0 Å². The van der Waals surface area contributed by atoms with Crippen molar-refractivity contribution in [1.29, 1.82) is 0 Å². The number of fused-ring (bicyclic) bond motifs is 2. The maximum atomic E-state index is 12.6. The Morgan fingerprint density at radius 3 is 1.87 bits per heavy atom. The summed E-state index contributed by atoms with van der Waals surface area (Å²) < 4.78 is 138. The SMILES string of the molecule is COc1cc(N=Nc2ccc3c(S(=O)(=O)O)cc(S(=O)(=O)O)cc3c2)ccc1N=Nc1c(S(=O)(=O)O)cc2cc(SOOO)c(N=Nc3ccccc3NS(C)(=O)=O)c(O)c2c1O. The van der Waals surface area contributed by atoms with Crippen LogP contribution in [0.2, 0.25) is 0 Å². The van der Waals surface area contributed by atoms with E-state index in [0.717, 1.165) is 24.5 Å². The van der Waals surface area contributed by atoms with Crippen LogP contribution in [0.5, 0.6) is 17.2 Å². The molecule has 0 bridgehead atoms. The molecule has 330 valence electrons. The van der Waals surface area contributed by atoms with Gasteiger partial charge in [-0.25, -0.2) is 13.7 Å². The molecule has 0 saturated heterocycles. The van der Waals surface area contributed by atoms with Crippen LogP contribution in [0.4, 0.5) is 39.8 Å². The van der Waals surface area contributed by atoms with Gasteiger partial charge in [0.2, 0.25) is 10.0 Å². The zero-order valence-electron chi connectivity index (χ0n) is 31.5. The van der Waals surface area contributed by atoms with Crippen molar-refractivity contribution >= 4 is 114 Å². The highest BCUT2D eigenvalue weighted by atomic mass is 32.2. The van der Waals surface area contributed by atoms with E-state index in [4.69, 9.17) is 9.99 Å². The maximum absolute atomic E-state index is 12.6. The number of nitrogens with one attached hydrogen (secondary N) is 1. The molecule has 6 aromatic rings. The summed E-state index contributed by atoms with van der Waals surface area (Å²) in [6.45, 7) is 0. The molecule has 6 rings (SSSR count). The number of azo groups is 3. The molecule has 0 fully saturated rings. The third kappa shape index (κ3) is 10.7. The first-order chi connectivity index (χ1) is 29.5. The van der Waals surface area contributed by atoms with Crippen LogP contribution in [0.1, 0.15) is 0 Å². The van der Waals surface area contributed by atoms with Crippen LogP contribution in [0, 0.1) is 0 Å². The van der Waals surface area contributed by atoms with E-state index in [-0.39, 0.29) is 67.3 Å². The van der Waals surface area contributed by atoms with Crippen molar-refractivity contribution in [2.75, 3.05) is 18.1 Å². The van der Waals surface area contributed by atoms with Gasteiger partial charge in [0.05, 0.1) is 57.6 Å². The molecule has 0 aliphatic rings. The van der Waals surface area contributed by atoms with Crippen LogP contribution >= 0.6 is 12.0 Å². The second-order valence-electron chi connectivity index (χ2n) is 12.6. The molecule has 0 aromatic heterocycles. The summed E-state index contributed by atoms with van der Waals surface area (Å²) in [6, 6.07) is 16.9. The van der Waals surface area contributed by atoms with Crippen LogP contribution in [0.25, 0.3) is 21.5 Å². The summed E-state index contributed by atoms with van der Waals surface area (Å²) in [5.41, 5.74) is -1.34. The van der Waals surface area contributed by atoms with Gasteiger partial charge in [-0.05, 0) is 71.4 Å². The van der Waals surface area contributed by atoms with Crippen LogP contribution in [0.3, 0.4) is 0 Å². The molecule has 0 spiro atoms. The summed E-state index contributed by atoms with van der Waals surface area (Å²) in [5, 5.41) is 58.3. The molecule has 0 heterocycles. The van der Waals surface area contributed by atoms with E-state index in [2.05, 4.69) is 44.8 Å². The predicted octanol–water partition coefficient (Wildman–Crippen LogP) is 8.20. The van der Waals surface area contributed by atoms with Crippen molar-refractivity contribution < 1.29 is 76.9 Å². The lowest BCUT2D eigenvalue weighted by atomic mass is 10.1. The van der Waals surface area contributed by atoms with Crippen molar-refractivity contribution in [2.24, 2.45) is 30.7 Å². The van der Waals surface area contributed by atoms with Gasteiger partial charge in [0.25, 0.3) is 30.4 Å². The normalized spacial score (nSPS) is 12.9. The first-order valence-corrected chi connectivity index (χ1v) is 23.6. The number of nitrogens with zero attached hydrogens (tertiary/aromatic N) is 6. The Bertz CT molecular complexity index is 3390. The monoisotopic (exact) mass is 965 g/mol. The van der Waals surface area contributed by atoms with E-state index < -0.39 is 83.3 Å². The van der Waals surface area contributed by atoms with Crippen molar-refractivity contribution in [3.8, 4) is 17.2 Å². The highest BCUT2D eigenvalue weighted by Gasteiger charge is 2.27. The fourth-order valence-corrected chi connectivity index (χ4v) is 8.75. The van der Waals surface area contributed by atoms with Crippen LogP contribution in [0.15, 0.2) is 135 Å². The fraction of sp³-hybridized carbons (Fsp3) is 0.0588.